The summed E-state index contributed by atoms with van der Waals surface area (Å²) in [5, 5.41) is 11.9. The van der Waals surface area contributed by atoms with Crippen LogP contribution in [0.5, 0.6) is 0 Å². The Morgan fingerprint density at radius 2 is 1.36 bits per heavy atom. The maximum Gasteiger partial charge on any atom is 0.0856 e. The van der Waals surface area contributed by atoms with Gasteiger partial charge in [-0.1, -0.05) is 13.8 Å². The highest BCUT2D eigenvalue weighted by Crippen LogP contribution is 2.18. The summed E-state index contributed by atoms with van der Waals surface area (Å²) in [5.74, 6) is 0. The molecular weight excluding hydrogens is 138 g/mol. The molecule has 0 saturated carbocycles. The van der Waals surface area contributed by atoms with Crippen molar-refractivity contribution in [1.82, 2.24) is 0 Å². The first-order valence-electron chi connectivity index (χ1n) is 4.53. The van der Waals surface area contributed by atoms with E-state index in [0.29, 0.717) is 0 Å². The zero-order valence-electron chi connectivity index (χ0n) is 8.42. The molecule has 68 valence electrons. The lowest BCUT2D eigenvalue weighted by Gasteiger charge is -2.48. The molecule has 2 atom stereocenters. The summed E-state index contributed by atoms with van der Waals surface area (Å²) in [4.78, 5) is 0. The Morgan fingerprint density at radius 3 is 1.55 bits per heavy atom. The highest BCUT2D eigenvalue weighted by atomic mass is 16.5. The average Bonchev–Trinajstić information content (AvgIpc) is 2.01. The maximum absolute atomic E-state index is 11.9. The van der Waals surface area contributed by atoms with Gasteiger partial charge in [0.25, 0.3) is 0 Å². The third kappa shape index (κ3) is 2.46. The Balaban J connectivity index is 4.18. The zero-order chi connectivity index (χ0) is 9.07. The third-order valence-corrected chi connectivity index (χ3v) is 2.93. The van der Waals surface area contributed by atoms with Crippen LogP contribution < -0.4 is 0 Å². The molecule has 0 aromatic carbocycles. The summed E-state index contributed by atoms with van der Waals surface area (Å²) in [6.07, 6.45) is 1.93. The molecule has 0 heterocycles. The van der Waals surface area contributed by atoms with Crippen LogP contribution in [0.2, 0.25) is 0 Å². The molecule has 2 unspecified atom stereocenters. The van der Waals surface area contributed by atoms with Crippen molar-refractivity contribution < 1.29 is 4.65 Å². The van der Waals surface area contributed by atoms with Crippen LogP contribution in [0.3, 0.4) is 0 Å². The van der Waals surface area contributed by atoms with Gasteiger partial charge in [0.1, 0.15) is 0 Å². The molecule has 0 aromatic rings. The van der Waals surface area contributed by atoms with Gasteiger partial charge in [0.15, 0.2) is 0 Å². The zero-order valence-corrected chi connectivity index (χ0v) is 8.42. The molecule has 0 N–H and O–H groups in total. The van der Waals surface area contributed by atoms with E-state index in [-0.39, 0.29) is 16.7 Å². The van der Waals surface area contributed by atoms with Crippen LogP contribution in [0.4, 0.5) is 0 Å². The molecule has 0 aliphatic rings. The van der Waals surface area contributed by atoms with E-state index in [0.717, 1.165) is 12.8 Å². The van der Waals surface area contributed by atoms with Crippen molar-refractivity contribution in [3.8, 4) is 0 Å². The minimum atomic E-state index is -0.0903. The molecule has 0 amide bonds. The highest BCUT2D eigenvalue weighted by molar-refractivity contribution is 4.56. The van der Waals surface area contributed by atoms with Gasteiger partial charge >= 0.3 is 0 Å². The van der Waals surface area contributed by atoms with E-state index >= 15 is 0 Å². The molecule has 2 nitrogen and oxygen atoms in total. The fourth-order valence-corrected chi connectivity index (χ4v) is 1.16. The van der Waals surface area contributed by atoms with Crippen LogP contribution in [-0.2, 0) is 0 Å². The molecule has 2 heteroatoms. The van der Waals surface area contributed by atoms with Crippen LogP contribution in [0.25, 0.3) is 0 Å². The van der Waals surface area contributed by atoms with Crippen molar-refractivity contribution >= 4 is 0 Å². The van der Waals surface area contributed by atoms with E-state index < -0.39 is 0 Å². The largest absolute Gasteiger partial charge is 0.633 e. The van der Waals surface area contributed by atoms with Crippen molar-refractivity contribution in [3.05, 3.63) is 5.21 Å². The summed E-state index contributed by atoms with van der Waals surface area (Å²) in [6.45, 7) is 8.20. The Labute approximate surface area is 70.4 Å². The first kappa shape index (κ1) is 10.9. The van der Waals surface area contributed by atoms with Gasteiger partial charge in [0.05, 0.1) is 19.1 Å². The monoisotopic (exact) mass is 159 g/mol. The summed E-state index contributed by atoms with van der Waals surface area (Å²) in [7, 11) is 1.78. The van der Waals surface area contributed by atoms with Crippen molar-refractivity contribution in [2.75, 3.05) is 7.05 Å². The number of quaternary nitrogens is 1. The lowest BCUT2D eigenvalue weighted by molar-refractivity contribution is -0.907. The second kappa shape index (κ2) is 4.07. The molecule has 0 saturated heterocycles. The molecule has 0 aliphatic heterocycles. The van der Waals surface area contributed by atoms with E-state index in [1.807, 2.05) is 13.8 Å². The Hall–Kier alpha value is -0.0800. The van der Waals surface area contributed by atoms with E-state index in [1.54, 1.807) is 7.05 Å². The topological polar surface area (TPSA) is 23.1 Å². The summed E-state index contributed by atoms with van der Waals surface area (Å²) in [6, 6.07) is 0.454. The predicted octanol–water partition coefficient (Wildman–Crippen LogP) is 2.53. The second-order valence-electron chi connectivity index (χ2n) is 3.57. The molecule has 11 heavy (non-hydrogen) atoms. The quantitative estimate of drug-likeness (QED) is 0.456. The Kier molecular flexibility index (Phi) is 4.04. The van der Waals surface area contributed by atoms with Gasteiger partial charge < -0.3 is 9.85 Å². The Bertz CT molecular complexity index is 100. The number of rotatable bonds is 4. The van der Waals surface area contributed by atoms with Crippen LogP contribution in [0.15, 0.2) is 0 Å². The predicted molar refractivity (Wildman–Crippen MR) is 49.1 cm³/mol. The first-order chi connectivity index (χ1) is 4.96. The summed E-state index contributed by atoms with van der Waals surface area (Å²) >= 11 is 0. The minimum absolute atomic E-state index is 0.0903. The van der Waals surface area contributed by atoms with Gasteiger partial charge in [0, 0.05) is 0 Å². The fraction of sp³-hybridized carbons (Fsp3) is 1.00. The number of hydrogen-bond donors (Lipinski definition) is 0. The number of nitrogens with zero attached hydrogens (tertiary/aromatic N) is 1. The number of hydrogen-bond acceptors (Lipinski definition) is 1. The summed E-state index contributed by atoms with van der Waals surface area (Å²) < 4.78 is -0.0903. The van der Waals surface area contributed by atoms with Gasteiger partial charge in [-0.2, -0.15) is 0 Å². The van der Waals surface area contributed by atoms with Gasteiger partial charge in [0.2, 0.25) is 0 Å². The molecule has 0 aromatic heterocycles. The van der Waals surface area contributed by atoms with Crippen molar-refractivity contribution in [1.29, 1.82) is 0 Å². The van der Waals surface area contributed by atoms with Crippen LogP contribution in [-0.4, -0.2) is 23.8 Å². The van der Waals surface area contributed by atoms with Crippen molar-refractivity contribution in [2.45, 2.75) is 52.6 Å². The molecule has 0 fully saturated rings. The number of hydroxylamine groups is 3. The average molecular weight is 159 g/mol. The lowest BCUT2D eigenvalue weighted by Crippen LogP contribution is -2.51. The van der Waals surface area contributed by atoms with Gasteiger partial charge in [-0.15, -0.1) is 0 Å². The molecule has 0 bridgehead atoms. The Morgan fingerprint density at radius 1 is 1.09 bits per heavy atom. The van der Waals surface area contributed by atoms with Crippen LogP contribution >= 0.6 is 0 Å². The van der Waals surface area contributed by atoms with Crippen LogP contribution in [0, 0.1) is 5.21 Å². The normalized spacial score (nSPS) is 22.4. The molecule has 0 radical (unpaired) electrons. The highest BCUT2D eigenvalue weighted by Gasteiger charge is 2.23. The molecule has 0 rings (SSSR count). The standard InChI is InChI=1S/C9H21NO/c1-6-8(3)10(5,11)9(4)7-2/h8-9H,6-7H2,1-5H3. The van der Waals surface area contributed by atoms with Gasteiger partial charge in [-0.3, -0.25) is 0 Å². The van der Waals surface area contributed by atoms with Gasteiger partial charge in [-0.25, -0.2) is 0 Å². The lowest BCUT2D eigenvalue weighted by atomic mass is 10.1. The van der Waals surface area contributed by atoms with Crippen molar-refractivity contribution in [3.63, 3.8) is 0 Å². The van der Waals surface area contributed by atoms with Gasteiger partial charge in [-0.05, 0) is 26.7 Å². The van der Waals surface area contributed by atoms with Crippen LogP contribution in [0.1, 0.15) is 40.5 Å². The summed E-state index contributed by atoms with van der Waals surface area (Å²) in [5.41, 5.74) is 0. The fourth-order valence-electron chi connectivity index (χ4n) is 1.16. The van der Waals surface area contributed by atoms with Crippen molar-refractivity contribution in [2.24, 2.45) is 0 Å². The van der Waals surface area contributed by atoms with E-state index in [9.17, 15) is 5.21 Å². The molecule has 0 aliphatic carbocycles. The SMILES string of the molecule is CCC(C)[N+](C)([O-])C(C)CC. The minimum Gasteiger partial charge on any atom is -0.633 e. The first-order valence-corrected chi connectivity index (χ1v) is 4.53. The molecule has 0 spiro atoms. The molecular formula is C9H21NO. The smallest absolute Gasteiger partial charge is 0.0856 e. The van der Waals surface area contributed by atoms with E-state index in [4.69, 9.17) is 0 Å². The van der Waals surface area contributed by atoms with E-state index in [1.165, 1.54) is 0 Å². The van der Waals surface area contributed by atoms with E-state index in [2.05, 4.69) is 13.8 Å². The third-order valence-electron chi connectivity index (χ3n) is 2.93. The maximum atomic E-state index is 11.9. The second-order valence-corrected chi connectivity index (χ2v) is 3.57.